The molecular formula is C20H28FNO2. The minimum Gasteiger partial charge on any atom is -0.465 e. The van der Waals surface area contributed by atoms with E-state index in [4.69, 9.17) is 4.74 Å². The highest BCUT2D eigenvalue weighted by Crippen LogP contribution is 2.44. The van der Waals surface area contributed by atoms with Crippen LogP contribution in [-0.2, 0) is 11.2 Å². The van der Waals surface area contributed by atoms with Crippen molar-refractivity contribution in [3.8, 4) is 0 Å². The third-order valence-electron chi connectivity index (χ3n) is 5.98. The lowest BCUT2D eigenvalue weighted by atomic mass is 9.68. The van der Waals surface area contributed by atoms with Crippen molar-refractivity contribution in [1.82, 2.24) is 4.90 Å². The van der Waals surface area contributed by atoms with Crippen LogP contribution in [0.1, 0.15) is 60.9 Å². The maximum Gasteiger partial charge on any atom is 0.337 e. The van der Waals surface area contributed by atoms with E-state index in [0.29, 0.717) is 17.0 Å². The van der Waals surface area contributed by atoms with Crippen LogP contribution in [0.4, 0.5) is 4.39 Å². The summed E-state index contributed by atoms with van der Waals surface area (Å²) in [7, 11) is 3.52. The minimum absolute atomic E-state index is 0.301. The van der Waals surface area contributed by atoms with Gasteiger partial charge in [0.2, 0.25) is 0 Å². The molecule has 4 heteroatoms. The third kappa shape index (κ3) is 3.80. The number of hydrogen-bond donors (Lipinski definition) is 0. The second-order valence-electron chi connectivity index (χ2n) is 7.71. The number of likely N-dealkylation sites (N-methyl/N-ethyl adjacent to an activating group) is 1. The highest BCUT2D eigenvalue weighted by atomic mass is 19.1. The van der Waals surface area contributed by atoms with Crippen LogP contribution in [0, 0.1) is 11.2 Å². The zero-order chi connectivity index (χ0) is 17.2. The van der Waals surface area contributed by atoms with E-state index in [1.54, 1.807) is 12.1 Å². The van der Waals surface area contributed by atoms with E-state index in [2.05, 4.69) is 11.9 Å². The zero-order valence-electron chi connectivity index (χ0n) is 14.8. The van der Waals surface area contributed by atoms with Crippen LogP contribution in [0.5, 0.6) is 0 Å². The van der Waals surface area contributed by atoms with Crippen LogP contribution >= 0.6 is 0 Å². The molecule has 0 bridgehead atoms. The van der Waals surface area contributed by atoms with Crippen molar-refractivity contribution in [2.45, 2.75) is 57.4 Å². The minimum atomic E-state index is -0.478. The summed E-state index contributed by atoms with van der Waals surface area (Å²) in [4.78, 5) is 14.1. The largest absolute Gasteiger partial charge is 0.465 e. The molecule has 1 saturated carbocycles. The number of likely N-dealkylation sites (tertiary alicyclic amines) is 1. The summed E-state index contributed by atoms with van der Waals surface area (Å²) in [6.45, 7) is 1.15. The number of esters is 1. The van der Waals surface area contributed by atoms with Gasteiger partial charge in [-0.2, -0.15) is 0 Å². The molecule has 3 rings (SSSR count). The molecule has 2 fully saturated rings. The number of nitrogens with zero attached hydrogens (tertiary/aromatic N) is 1. The van der Waals surface area contributed by atoms with Crippen LogP contribution in [0.15, 0.2) is 18.2 Å². The van der Waals surface area contributed by atoms with E-state index < -0.39 is 5.97 Å². The molecule has 1 heterocycles. The number of halogens is 1. The van der Waals surface area contributed by atoms with E-state index in [1.807, 2.05) is 0 Å². The first-order valence-electron chi connectivity index (χ1n) is 9.09. The molecule has 0 radical (unpaired) electrons. The highest BCUT2D eigenvalue weighted by molar-refractivity contribution is 5.89. The molecule has 24 heavy (non-hydrogen) atoms. The van der Waals surface area contributed by atoms with E-state index in [1.165, 1.54) is 51.7 Å². The molecule has 1 spiro atoms. The first kappa shape index (κ1) is 17.4. The number of hydrogen-bond acceptors (Lipinski definition) is 3. The molecule has 1 aromatic rings. The number of carbonyl (C=O) groups is 1. The summed E-state index contributed by atoms with van der Waals surface area (Å²) in [5, 5.41) is 0. The molecule has 0 aromatic heterocycles. The lowest BCUT2D eigenvalue weighted by molar-refractivity contribution is 0.0326. The Labute approximate surface area is 144 Å². The molecule has 1 aromatic carbocycles. The molecule has 3 nitrogen and oxygen atoms in total. The van der Waals surface area contributed by atoms with Crippen molar-refractivity contribution in [2.24, 2.45) is 5.41 Å². The maximum atomic E-state index is 13.8. The Bertz CT molecular complexity index is 595. The van der Waals surface area contributed by atoms with E-state index in [0.717, 1.165) is 24.9 Å². The summed E-state index contributed by atoms with van der Waals surface area (Å²) in [5.41, 5.74) is 1.70. The monoisotopic (exact) mass is 333 g/mol. The molecule has 1 aliphatic carbocycles. The second-order valence-corrected chi connectivity index (χ2v) is 7.71. The van der Waals surface area contributed by atoms with Crippen LogP contribution in [0.2, 0.25) is 0 Å². The predicted molar refractivity (Wildman–Crippen MR) is 92.6 cm³/mol. The predicted octanol–water partition coefficient (Wildman–Crippen LogP) is 4.20. The summed E-state index contributed by atoms with van der Waals surface area (Å²) in [5.74, 6) is -0.843. The number of benzene rings is 1. The van der Waals surface area contributed by atoms with Gasteiger partial charge < -0.3 is 9.64 Å². The SMILES string of the molecule is COC(=O)c1cc(F)cc(C[C@@H]2CCC3(CCCCC3)CN2C)c1. The normalized spacial score (nSPS) is 24.0. The summed E-state index contributed by atoms with van der Waals surface area (Å²) < 4.78 is 18.6. The van der Waals surface area contributed by atoms with Crippen molar-refractivity contribution in [3.63, 3.8) is 0 Å². The van der Waals surface area contributed by atoms with Crippen molar-refractivity contribution in [1.29, 1.82) is 0 Å². The molecule has 0 unspecified atom stereocenters. The van der Waals surface area contributed by atoms with Gasteiger partial charge in [-0.1, -0.05) is 19.3 Å². The quantitative estimate of drug-likeness (QED) is 0.777. The van der Waals surface area contributed by atoms with Gasteiger partial charge in [-0.05, 0) is 68.3 Å². The first-order chi connectivity index (χ1) is 11.5. The topological polar surface area (TPSA) is 29.5 Å². The van der Waals surface area contributed by atoms with Gasteiger partial charge in [0.05, 0.1) is 12.7 Å². The number of ether oxygens (including phenoxy) is 1. The van der Waals surface area contributed by atoms with Crippen molar-refractivity contribution in [2.75, 3.05) is 20.7 Å². The van der Waals surface area contributed by atoms with E-state index in [-0.39, 0.29) is 5.82 Å². The fraction of sp³-hybridized carbons (Fsp3) is 0.650. The summed E-state index contributed by atoms with van der Waals surface area (Å²) in [6, 6.07) is 4.99. The Balaban J connectivity index is 1.68. The van der Waals surface area contributed by atoms with Crippen molar-refractivity contribution >= 4 is 5.97 Å². The van der Waals surface area contributed by atoms with Gasteiger partial charge in [-0.25, -0.2) is 9.18 Å². The van der Waals surface area contributed by atoms with Gasteiger partial charge in [-0.3, -0.25) is 0 Å². The number of carbonyl (C=O) groups excluding carboxylic acids is 1. The van der Waals surface area contributed by atoms with Crippen LogP contribution in [0.3, 0.4) is 0 Å². The van der Waals surface area contributed by atoms with Crippen molar-refractivity contribution in [3.05, 3.63) is 35.1 Å². The maximum absolute atomic E-state index is 13.8. The van der Waals surface area contributed by atoms with Gasteiger partial charge in [0.15, 0.2) is 0 Å². The molecule has 1 atom stereocenters. The Morgan fingerprint density at radius 2 is 2.00 bits per heavy atom. The number of methoxy groups -OCH3 is 1. The van der Waals surface area contributed by atoms with Crippen LogP contribution < -0.4 is 0 Å². The highest BCUT2D eigenvalue weighted by Gasteiger charge is 2.38. The Kier molecular flexibility index (Phi) is 5.24. The molecule has 1 saturated heterocycles. The van der Waals surface area contributed by atoms with E-state index >= 15 is 0 Å². The average molecular weight is 333 g/mol. The summed E-state index contributed by atoms with van der Waals surface area (Å²) >= 11 is 0. The molecule has 0 N–H and O–H groups in total. The smallest absolute Gasteiger partial charge is 0.337 e. The van der Waals surface area contributed by atoms with Crippen LogP contribution in [-0.4, -0.2) is 37.6 Å². The second kappa shape index (κ2) is 7.22. The van der Waals surface area contributed by atoms with Gasteiger partial charge in [0, 0.05) is 12.6 Å². The number of rotatable bonds is 3. The Morgan fingerprint density at radius 3 is 2.67 bits per heavy atom. The molecule has 1 aliphatic heterocycles. The van der Waals surface area contributed by atoms with Gasteiger partial charge in [-0.15, -0.1) is 0 Å². The zero-order valence-corrected chi connectivity index (χ0v) is 14.8. The molecule has 132 valence electrons. The number of piperidine rings is 1. The Hall–Kier alpha value is -1.42. The van der Waals surface area contributed by atoms with Gasteiger partial charge >= 0.3 is 5.97 Å². The van der Waals surface area contributed by atoms with E-state index in [9.17, 15) is 9.18 Å². The third-order valence-corrected chi connectivity index (χ3v) is 5.98. The average Bonchev–Trinajstić information content (AvgIpc) is 2.57. The van der Waals surface area contributed by atoms with Crippen molar-refractivity contribution < 1.29 is 13.9 Å². The fourth-order valence-electron chi connectivity index (χ4n) is 4.67. The molecule has 0 amide bonds. The van der Waals surface area contributed by atoms with Gasteiger partial charge in [0.1, 0.15) is 5.82 Å². The standard InChI is InChI=1S/C20H28FNO2/c1-22-14-20(7-4-3-5-8-20)9-6-18(22)12-15-10-16(19(23)24-2)13-17(21)11-15/h10-11,13,18H,3-9,12,14H2,1-2H3/t18-/m0/s1. The summed E-state index contributed by atoms with van der Waals surface area (Å²) in [6.07, 6.45) is 10.0. The van der Waals surface area contributed by atoms with Crippen LogP contribution in [0.25, 0.3) is 0 Å². The van der Waals surface area contributed by atoms with Gasteiger partial charge in [0.25, 0.3) is 0 Å². The fourth-order valence-corrected chi connectivity index (χ4v) is 4.67. The molecule has 2 aliphatic rings. The lowest BCUT2D eigenvalue weighted by Gasteiger charge is -2.48. The lowest BCUT2D eigenvalue weighted by Crippen LogP contribution is -2.48. The Morgan fingerprint density at radius 1 is 1.25 bits per heavy atom. The first-order valence-corrected chi connectivity index (χ1v) is 9.09. The molecular weight excluding hydrogens is 305 g/mol.